The molecule has 0 spiro atoms. The van der Waals surface area contributed by atoms with Crippen molar-refractivity contribution < 1.29 is 4.74 Å². The average Bonchev–Trinajstić information content (AvgIpc) is 2.32. The van der Waals surface area contributed by atoms with Crippen LogP contribution < -0.4 is 4.74 Å². The summed E-state index contributed by atoms with van der Waals surface area (Å²) in [5.74, 6) is 1.87. The van der Waals surface area contributed by atoms with Crippen LogP contribution in [0, 0.1) is 5.92 Å². The minimum absolute atomic E-state index is 0.326. The summed E-state index contributed by atoms with van der Waals surface area (Å²) < 4.78 is 5.94. The molecule has 2 unspecified atom stereocenters. The highest BCUT2D eigenvalue weighted by molar-refractivity contribution is 6.17. The summed E-state index contributed by atoms with van der Waals surface area (Å²) >= 11 is 5.79. The molecule has 0 bridgehead atoms. The standard InChI is InChI=1S/C13H18ClNO/c1-10-4-2-3-5-12(10)16-13-8-11(9-14)6-7-15-13/h6-8,10,12H,2-5,9H2,1H3. The molecule has 0 N–H and O–H groups in total. The SMILES string of the molecule is CC1CCCCC1Oc1cc(CCl)ccn1. The van der Waals surface area contributed by atoms with Gasteiger partial charge in [0.15, 0.2) is 0 Å². The van der Waals surface area contributed by atoms with Crippen LogP contribution in [0.1, 0.15) is 38.2 Å². The summed E-state index contributed by atoms with van der Waals surface area (Å²) in [5.41, 5.74) is 1.06. The van der Waals surface area contributed by atoms with Gasteiger partial charge in [-0.2, -0.15) is 0 Å². The first-order valence-electron chi connectivity index (χ1n) is 5.97. The second-order valence-electron chi connectivity index (χ2n) is 4.55. The second kappa shape index (κ2) is 5.53. The molecule has 1 heterocycles. The zero-order valence-electron chi connectivity index (χ0n) is 9.66. The fraction of sp³-hybridized carbons (Fsp3) is 0.615. The molecule has 0 aromatic carbocycles. The molecule has 1 aliphatic carbocycles. The van der Waals surface area contributed by atoms with Crippen LogP contribution in [0.25, 0.3) is 0 Å². The van der Waals surface area contributed by atoms with Crippen molar-refractivity contribution in [3.8, 4) is 5.88 Å². The first-order valence-corrected chi connectivity index (χ1v) is 6.50. The third-order valence-electron chi connectivity index (χ3n) is 3.26. The molecular weight excluding hydrogens is 222 g/mol. The molecule has 2 nitrogen and oxygen atoms in total. The second-order valence-corrected chi connectivity index (χ2v) is 4.82. The first kappa shape index (κ1) is 11.7. The third-order valence-corrected chi connectivity index (χ3v) is 3.57. The average molecular weight is 240 g/mol. The van der Waals surface area contributed by atoms with Gasteiger partial charge in [-0.25, -0.2) is 4.98 Å². The number of hydrogen-bond acceptors (Lipinski definition) is 2. The molecule has 1 aromatic rings. The highest BCUT2D eigenvalue weighted by Gasteiger charge is 2.23. The lowest BCUT2D eigenvalue weighted by atomic mass is 9.88. The van der Waals surface area contributed by atoms with E-state index in [0.29, 0.717) is 17.9 Å². The minimum Gasteiger partial charge on any atom is -0.474 e. The summed E-state index contributed by atoms with van der Waals surface area (Å²) in [6, 6.07) is 3.86. The quantitative estimate of drug-likeness (QED) is 0.749. The van der Waals surface area contributed by atoms with Gasteiger partial charge in [-0.05, 0) is 36.8 Å². The Kier molecular flexibility index (Phi) is 4.05. The molecule has 0 saturated heterocycles. The maximum Gasteiger partial charge on any atom is 0.213 e. The molecular formula is C13H18ClNO. The van der Waals surface area contributed by atoms with Crippen LogP contribution in [0.3, 0.4) is 0 Å². The van der Waals surface area contributed by atoms with Gasteiger partial charge >= 0.3 is 0 Å². The van der Waals surface area contributed by atoms with E-state index in [1.165, 1.54) is 19.3 Å². The van der Waals surface area contributed by atoms with Crippen LogP contribution in [0.15, 0.2) is 18.3 Å². The van der Waals surface area contributed by atoms with Crippen LogP contribution in [0.5, 0.6) is 5.88 Å². The maximum atomic E-state index is 5.94. The van der Waals surface area contributed by atoms with Gasteiger partial charge in [0, 0.05) is 18.1 Å². The Morgan fingerprint density at radius 3 is 3.00 bits per heavy atom. The lowest BCUT2D eigenvalue weighted by molar-refractivity contribution is 0.0975. The maximum absolute atomic E-state index is 5.94. The van der Waals surface area contributed by atoms with E-state index in [0.717, 1.165) is 17.9 Å². The molecule has 2 rings (SSSR count). The summed E-state index contributed by atoms with van der Waals surface area (Å²) in [6.07, 6.45) is 7.10. The number of alkyl halides is 1. The van der Waals surface area contributed by atoms with Crippen molar-refractivity contribution in [2.45, 2.75) is 44.6 Å². The van der Waals surface area contributed by atoms with Gasteiger partial charge < -0.3 is 4.74 Å². The smallest absolute Gasteiger partial charge is 0.213 e. The summed E-state index contributed by atoms with van der Waals surface area (Å²) in [4.78, 5) is 4.24. The molecule has 2 atom stereocenters. The lowest BCUT2D eigenvalue weighted by Gasteiger charge is -2.28. The Hall–Kier alpha value is -0.760. The molecule has 1 saturated carbocycles. The highest BCUT2D eigenvalue weighted by atomic mass is 35.5. The van der Waals surface area contributed by atoms with E-state index in [1.807, 2.05) is 12.1 Å². The minimum atomic E-state index is 0.326. The van der Waals surface area contributed by atoms with Crippen LogP contribution in [-0.4, -0.2) is 11.1 Å². The van der Waals surface area contributed by atoms with Crippen LogP contribution in [-0.2, 0) is 5.88 Å². The fourth-order valence-electron chi connectivity index (χ4n) is 2.21. The van der Waals surface area contributed by atoms with Crippen LogP contribution in [0.2, 0.25) is 0 Å². The van der Waals surface area contributed by atoms with Gasteiger partial charge in [0.05, 0.1) is 0 Å². The van der Waals surface area contributed by atoms with E-state index < -0.39 is 0 Å². The van der Waals surface area contributed by atoms with E-state index in [4.69, 9.17) is 16.3 Å². The Labute approximate surface area is 102 Å². The van der Waals surface area contributed by atoms with Gasteiger partial charge in [-0.15, -0.1) is 11.6 Å². The molecule has 16 heavy (non-hydrogen) atoms. The largest absolute Gasteiger partial charge is 0.474 e. The molecule has 88 valence electrons. The van der Waals surface area contributed by atoms with E-state index in [1.54, 1.807) is 6.20 Å². The van der Waals surface area contributed by atoms with E-state index in [9.17, 15) is 0 Å². The zero-order valence-corrected chi connectivity index (χ0v) is 10.4. The van der Waals surface area contributed by atoms with E-state index >= 15 is 0 Å². The topological polar surface area (TPSA) is 22.1 Å². The fourth-order valence-corrected chi connectivity index (χ4v) is 2.38. The van der Waals surface area contributed by atoms with Crippen molar-refractivity contribution in [2.75, 3.05) is 0 Å². The van der Waals surface area contributed by atoms with E-state index in [-0.39, 0.29) is 0 Å². The number of ether oxygens (including phenoxy) is 1. The molecule has 1 aromatic heterocycles. The summed E-state index contributed by atoms with van der Waals surface area (Å²) in [6.45, 7) is 2.26. The molecule has 0 radical (unpaired) electrons. The molecule has 0 amide bonds. The lowest BCUT2D eigenvalue weighted by Crippen LogP contribution is -2.28. The summed E-state index contributed by atoms with van der Waals surface area (Å²) in [5, 5.41) is 0. The predicted molar refractivity (Wildman–Crippen MR) is 65.8 cm³/mol. The number of aromatic nitrogens is 1. The van der Waals surface area contributed by atoms with Crippen LogP contribution in [0.4, 0.5) is 0 Å². The van der Waals surface area contributed by atoms with Gasteiger partial charge in [0.1, 0.15) is 6.10 Å². The van der Waals surface area contributed by atoms with Crippen molar-refractivity contribution in [3.05, 3.63) is 23.9 Å². The van der Waals surface area contributed by atoms with Crippen molar-refractivity contribution in [2.24, 2.45) is 5.92 Å². The number of nitrogens with zero attached hydrogens (tertiary/aromatic N) is 1. The number of hydrogen-bond donors (Lipinski definition) is 0. The molecule has 3 heteroatoms. The molecule has 0 aliphatic heterocycles. The Morgan fingerprint density at radius 2 is 2.25 bits per heavy atom. The number of rotatable bonds is 3. The number of halogens is 1. The normalized spacial score (nSPS) is 25.4. The van der Waals surface area contributed by atoms with Crippen molar-refractivity contribution in [1.29, 1.82) is 0 Å². The zero-order chi connectivity index (χ0) is 11.4. The van der Waals surface area contributed by atoms with Gasteiger partial charge in [0.25, 0.3) is 0 Å². The Bertz CT molecular complexity index is 342. The van der Waals surface area contributed by atoms with Gasteiger partial charge in [-0.3, -0.25) is 0 Å². The first-order chi connectivity index (χ1) is 7.79. The third kappa shape index (κ3) is 2.88. The van der Waals surface area contributed by atoms with Crippen LogP contribution >= 0.6 is 11.6 Å². The van der Waals surface area contributed by atoms with E-state index in [2.05, 4.69) is 11.9 Å². The Balaban J connectivity index is 2.01. The molecule has 1 aliphatic rings. The van der Waals surface area contributed by atoms with Crippen molar-refractivity contribution in [3.63, 3.8) is 0 Å². The Morgan fingerprint density at radius 1 is 1.44 bits per heavy atom. The highest BCUT2D eigenvalue weighted by Crippen LogP contribution is 2.27. The predicted octanol–water partition coefficient (Wildman–Crippen LogP) is 3.78. The van der Waals surface area contributed by atoms with Gasteiger partial charge in [-0.1, -0.05) is 13.3 Å². The van der Waals surface area contributed by atoms with Crippen molar-refractivity contribution >= 4 is 11.6 Å². The number of pyridine rings is 1. The van der Waals surface area contributed by atoms with Gasteiger partial charge in [0.2, 0.25) is 5.88 Å². The summed E-state index contributed by atoms with van der Waals surface area (Å²) in [7, 11) is 0. The molecule has 1 fully saturated rings. The monoisotopic (exact) mass is 239 g/mol. The van der Waals surface area contributed by atoms with Crippen molar-refractivity contribution in [1.82, 2.24) is 4.98 Å².